The van der Waals surface area contributed by atoms with E-state index in [4.69, 9.17) is 10.5 Å². The van der Waals surface area contributed by atoms with E-state index in [-0.39, 0.29) is 16.8 Å². The molecule has 29 heavy (non-hydrogen) atoms. The van der Waals surface area contributed by atoms with Gasteiger partial charge in [0.25, 0.3) is 0 Å². The van der Waals surface area contributed by atoms with Crippen molar-refractivity contribution in [3.8, 4) is 5.75 Å². The monoisotopic (exact) mass is 414 g/mol. The van der Waals surface area contributed by atoms with Crippen LogP contribution >= 0.6 is 0 Å². The van der Waals surface area contributed by atoms with Gasteiger partial charge in [0.05, 0.1) is 35.9 Å². The minimum Gasteiger partial charge on any atom is -0.495 e. The molecule has 0 bridgehead atoms. The van der Waals surface area contributed by atoms with E-state index in [0.717, 1.165) is 0 Å². The quantitative estimate of drug-likeness (QED) is 0.674. The zero-order valence-corrected chi connectivity index (χ0v) is 16.6. The standard InChI is InChI=1S/C19H19FN6O2S/c1-10-18(21)26-16(8-29(10)27)13-5-11(3-4-14(13)20)25-19-17-15(23-9-24-19)6-12(28-2)7-22-17/h3-7,9-10,16H,8H2,1-2H3,(H2,21,26)(H,23,24,25). The Bertz CT molecular complexity index is 1140. The van der Waals surface area contributed by atoms with Gasteiger partial charge in [-0.1, -0.05) is 0 Å². The van der Waals surface area contributed by atoms with Gasteiger partial charge in [0.15, 0.2) is 5.82 Å². The molecule has 1 aliphatic rings. The number of fused-ring (bicyclic) bond motifs is 1. The Labute approximate surface area is 168 Å². The van der Waals surface area contributed by atoms with Crippen molar-refractivity contribution >= 4 is 39.2 Å². The molecule has 0 saturated heterocycles. The summed E-state index contributed by atoms with van der Waals surface area (Å²) in [6, 6.07) is 5.71. The van der Waals surface area contributed by atoms with Crippen molar-refractivity contribution in [1.82, 2.24) is 15.0 Å². The summed E-state index contributed by atoms with van der Waals surface area (Å²) in [5.74, 6) is 1.12. The fourth-order valence-electron chi connectivity index (χ4n) is 3.06. The average molecular weight is 414 g/mol. The van der Waals surface area contributed by atoms with E-state index in [1.165, 1.54) is 12.4 Å². The molecular formula is C19H19FN6O2S. The van der Waals surface area contributed by atoms with Gasteiger partial charge in [-0.25, -0.2) is 19.3 Å². The third-order valence-electron chi connectivity index (χ3n) is 4.74. The van der Waals surface area contributed by atoms with Crippen LogP contribution in [0.3, 0.4) is 0 Å². The van der Waals surface area contributed by atoms with Gasteiger partial charge >= 0.3 is 0 Å². The molecule has 0 saturated carbocycles. The number of rotatable bonds is 4. The van der Waals surface area contributed by atoms with Gasteiger partial charge in [0, 0.05) is 28.1 Å². The van der Waals surface area contributed by atoms with E-state index >= 15 is 0 Å². The molecule has 0 spiro atoms. The van der Waals surface area contributed by atoms with E-state index in [9.17, 15) is 8.60 Å². The summed E-state index contributed by atoms with van der Waals surface area (Å²) in [4.78, 5) is 17.1. The first kappa shape index (κ1) is 19.2. The normalized spacial score (nSPS) is 21.6. The van der Waals surface area contributed by atoms with Crippen LogP contribution in [0.15, 0.2) is 41.8 Å². The van der Waals surface area contributed by atoms with Gasteiger partial charge < -0.3 is 15.8 Å². The lowest BCUT2D eigenvalue weighted by Gasteiger charge is -2.24. The van der Waals surface area contributed by atoms with Crippen LogP contribution in [0.1, 0.15) is 18.5 Å². The maximum atomic E-state index is 14.5. The largest absolute Gasteiger partial charge is 0.495 e. The maximum absolute atomic E-state index is 14.5. The molecule has 1 aromatic carbocycles. The molecule has 0 aliphatic carbocycles. The Morgan fingerprint density at radius 2 is 2.10 bits per heavy atom. The highest BCUT2D eigenvalue weighted by Gasteiger charge is 2.28. The number of aromatic nitrogens is 3. The van der Waals surface area contributed by atoms with Gasteiger partial charge in [-0.15, -0.1) is 0 Å². The second-order valence-corrected chi connectivity index (χ2v) is 8.39. The number of nitrogens with zero attached hydrogens (tertiary/aromatic N) is 4. The van der Waals surface area contributed by atoms with Crippen LogP contribution in [0.2, 0.25) is 0 Å². The van der Waals surface area contributed by atoms with Gasteiger partial charge in [-0.2, -0.15) is 0 Å². The van der Waals surface area contributed by atoms with Crippen LogP contribution in [-0.2, 0) is 10.8 Å². The number of nitrogens with one attached hydrogen (secondary N) is 1. The van der Waals surface area contributed by atoms with Crippen LogP contribution in [0, 0.1) is 5.82 Å². The summed E-state index contributed by atoms with van der Waals surface area (Å²) in [5, 5.41) is 2.82. The lowest BCUT2D eigenvalue weighted by molar-refractivity contribution is 0.413. The average Bonchev–Trinajstić information content (AvgIpc) is 2.72. The smallest absolute Gasteiger partial charge is 0.160 e. The minimum atomic E-state index is -1.21. The molecule has 3 aromatic rings. The molecule has 3 heterocycles. The van der Waals surface area contributed by atoms with E-state index in [1.54, 1.807) is 38.4 Å². The maximum Gasteiger partial charge on any atom is 0.160 e. The zero-order chi connectivity index (χ0) is 20.5. The molecule has 150 valence electrons. The fourth-order valence-corrected chi connectivity index (χ4v) is 4.24. The summed E-state index contributed by atoms with van der Waals surface area (Å²) in [6.45, 7) is 1.75. The van der Waals surface area contributed by atoms with Crippen molar-refractivity contribution in [3.63, 3.8) is 0 Å². The second-order valence-electron chi connectivity index (χ2n) is 6.59. The minimum absolute atomic E-state index is 0.222. The summed E-state index contributed by atoms with van der Waals surface area (Å²) >= 11 is 0. The lowest BCUT2D eigenvalue weighted by atomic mass is 10.1. The van der Waals surface area contributed by atoms with Crippen molar-refractivity contribution in [3.05, 3.63) is 48.2 Å². The van der Waals surface area contributed by atoms with Gasteiger partial charge in [0.2, 0.25) is 0 Å². The Morgan fingerprint density at radius 1 is 1.28 bits per heavy atom. The van der Waals surface area contributed by atoms with Crippen LogP contribution in [-0.4, -0.2) is 43.1 Å². The topological polar surface area (TPSA) is 115 Å². The van der Waals surface area contributed by atoms with Crippen molar-refractivity contribution < 1.29 is 13.3 Å². The predicted molar refractivity (Wildman–Crippen MR) is 110 cm³/mol. The number of benzene rings is 1. The van der Waals surface area contributed by atoms with E-state index in [0.29, 0.717) is 33.9 Å². The molecular weight excluding hydrogens is 395 g/mol. The molecule has 3 N–H and O–H groups in total. The fraction of sp³-hybridized carbons (Fsp3) is 0.263. The Balaban J connectivity index is 1.69. The lowest BCUT2D eigenvalue weighted by Crippen LogP contribution is -2.37. The number of pyridine rings is 1. The molecule has 3 unspecified atom stereocenters. The Hall–Kier alpha value is -3.14. The van der Waals surface area contributed by atoms with Crippen LogP contribution in [0.4, 0.5) is 15.9 Å². The molecule has 4 rings (SSSR count). The molecule has 10 heteroatoms. The highest BCUT2D eigenvalue weighted by Crippen LogP contribution is 2.30. The molecule has 0 radical (unpaired) electrons. The number of anilines is 2. The third kappa shape index (κ3) is 3.75. The number of aliphatic imine (C=N–C) groups is 1. The number of amidine groups is 1. The molecule has 0 fully saturated rings. The highest BCUT2D eigenvalue weighted by molar-refractivity contribution is 7.86. The number of methoxy groups -OCH3 is 1. The van der Waals surface area contributed by atoms with Crippen molar-refractivity contribution in [2.45, 2.75) is 18.2 Å². The molecule has 8 nitrogen and oxygen atoms in total. The summed E-state index contributed by atoms with van der Waals surface area (Å²) < 4.78 is 31.9. The first-order valence-electron chi connectivity index (χ1n) is 8.88. The van der Waals surface area contributed by atoms with Crippen molar-refractivity contribution in [2.75, 3.05) is 18.2 Å². The van der Waals surface area contributed by atoms with Gasteiger partial charge in [-0.05, 0) is 25.1 Å². The van der Waals surface area contributed by atoms with Gasteiger partial charge in [-0.3, -0.25) is 9.20 Å². The number of hydrogen-bond donors (Lipinski definition) is 2. The molecule has 2 aromatic heterocycles. The Kier molecular flexibility index (Phi) is 5.10. The molecule has 0 amide bonds. The SMILES string of the molecule is COc1cnc2c(Nc3ccc(F)c(C4CS(=O)C(C)C(N)=N4)c3)ncnc2c1. The number of nitrogens with two attached hydrogens (primary N) is 1. The van der Waals surface area contributed by atoms with Crippen LogP contribution in [0.25, 0.3) is 11.0 Å². The summed E-state index contributed by atoms with van der Waals surface area (Å²) in [7, 11) is 0.347. The van der Waals surface area contributed by atoms with E-state index < -0.39 is 22.7 Å². The van der Waals surface area contributed by atoms with Crippen molar-refractivity contribution in [1.29, 1.82) is 0 Å². The molecule has 3 atom stereocenters. The third-order valence-corrected chi connectivity index (χ3v) is 6.42. The number of halogens is 1. The molecule has 1 aliphatic heterocycles. The summed E-state index contributed by atoms with van der Waals surface area (Å²) in [6.07, 6.45) is 2.98. The zero-order valence-electron chi connectivity index (χ0n) is 15.8. The Morgan fingerprint density at radius 3 is 2.86 bits per heavy atom. The van der Waals surface area contributed by atoms with Crippen LogP contribution in [0.5, 0.6) is 5.75 Å². The van der Waals surface area contributed by atoms with Crippen molar-refractivity contribution in [2.24, 2.45) is 10.7 Å². The predicted octanol–water partition coefficient (Wildman–Crippen LogP) is 2.47. The van der Waals surface area contributed by atoms with E-state index in [2.05, 4.69) is 25.3 Å². The van der Waals surface area contributed by atoms with E-state index in [1.807, 2.05) is 0 Å². The second kappa shape index (κ2) is 7.70. The highest BCUT2D eigenvalue weighted by atomic mass is 32.2. The number of ether oxygens (including phenoxy) is 1. The number of hydrogen-bond acceptors (Lipinski definition) is 8. The first-order valence-corrected chi connectivity index (χ1v) is 10.3. The first-order chi connectivity index (χ1) is 14.0. The van der Waals surface area contributed by atoms with Gasteiger partial charge in [0.1, 0.15) is 29.2 Å². The summed E-state index contributed by atoms with van der Waals surface area (Å²) in [5.41, 5.74) is 7.96. The van der Waals surface area contributed by atoms with Crippen LogP contribution < -0.4 is 15.8 Å².